The van der Waals surface area contributed by atoms with Crippen LogP contribution in [0.25, 0.3) is 11.0 Å². The van der Waals surface area contributed by atoms with Crippen molar-refractivity contribution in [2.75, 3.05) is 13.1 Å². The predicted octanol–water partition coefficient (Wildman–Crippen LogP) is 4.28. The molecule has 128 valence electrons. The molecule has 1 aliphatic heterocycles. The number of Topliss-reactive ketones (excluding diaryl/α,β-unsaturated/α-hetero) is 1. The zero-order chi connectivity index (χ0) is 17.1. The second-order valence-electron chi connectivity index (χ2n) is 6.80. The Hall–Kier alpha value is -2.10. The average Bonchev–Trinajstić information content (AvgIpc) is 2.76. The molecule has 0 bridgehead atoms. The summed E-state index contributed by atoms with van der Waals surface area (Å²) in [7, 11) is 0. The summed E-state index contributed by atoms with van der Waals surface area (Å²) in [5.41, 5.74) is 2.76. The molecule has 0 saturated carbocycles. The second kappa shape index (κ2) is 7.20. The minimum absolute atomic E-state index is 0.0101. The molecule has 3 rings (SSSR count). The first-order valence-electron chi connectivity index (χ1n) is 8.87. The molecule has 2 heterocycles. The molecular formula is C20H25NO3. The number of benzene rings is 1. The Bertz CT molecular complexity index is 752. The molecule has 4 heteroatoms. The van der Waals surface area contributed by atoms with Crippen LogP contribution in [0, 0.1) is 6.92 Å². The van der Waals surface area contributed by atoms with Crippen LogP contribution in [0.5, 0.6) is 0 Å². The Morgan fingerprint density at radius 3 is 2.50 bits per heavy atom. The molecule has 1 fully saturated rings. The van der Waals surface area contributed by atoms with Gasteiger partial charge in [0.15, 0.2) is 5.76 Å². The van der Waals surface area contributed by atoms with E-state index in [0.29, 0.717) is 12.2 Å². The van der Waals surface area contributed by atoms with Crippen molar-refractivity contribution >= 4 is 22.7 Å². The molecule has 1 aromatic carbocycles. The standard InChI is InChI=1S/C20H25NO3/c1-14(22)7-8-16-9-10-18-17(13-16)15(2)19(24-18)20(23)21-11-5-3-4-6-12-21/h9-10,13H,3-8,11-12H2,1-2H3. The third kappa shape index (κ3) is 3.53. The predicted molar refractivity (Wildman–Crippen MR) is 94.3 cm³/mol. The molecule has 0 aliphatic carbocycles. The van der Waals surface area contributed by atoms with Crippen molar-refractivity contribution in [1.29, 1.82) is 0 Å². The van der Waals surface area contributed by atoms with Gasteiger partial charge in [-0.3, -0.25) is 4.79 Å². The monoisotopic (exact) mass is 327 g/mol. The maximum absolute atomic E-state index is 12.8. The highest BCUT2D eigenvalue weighted by Gasteiger charge is 2.24. The minimum Gasteiger partial charge on any atom is -0.451 e. The number of furan rings is 1. The summed E-state index contributed by atoms with van der Waals surface area (Å²) >= 11 is 0. The van der Waals surface area contributed by atoms with Crippen molar-refractivity contribution in [2.24, 2.45) is 0 Å². The smallest absolute Gasteiger partial charge is 0.289 e. The molecule has 0 spiro atoms. The van der Waals surface area contributed by atoms with E-state index in [1.807, 2.05) is 24.0 Å². The van der Waals surface area contributed by atoms with E-state index in [1.165, 1.54) is 12.8 Å². The number of fused-ring (bicyclic) bond motifs is 1. The number of nitrogens with zero attached hydrogens (tertiary/aromatic N) is 1. The van der Waals surface area contributed by atoms with Crippen LogP contribution in [0.3, 0.4) is 0 Å². The lowest BCUT2D eigenvalue weighted by Gasteiger charge is -2.19. The molecule has 0 unspecified atom stereocenters. The van der Waals surface area contributed by atoms with E-state index in [2.05, 4.69) is 6.07 Å². The molecule has 24 heavy (non-hydrogen) atoms. The van der Waals surface area contributed by atoms with Crippen molar-refractivity contribution in [3.63, 3.8) is 0 Å². The highest BCUT2D eigenvalue weighted by Crippen LogP contribution is 2.28. The summed E-state index contributed by atoms with van der Waals surface area (Å²) in [6.45, 7) is 5.20. The van der Waals surface area contributed by atoms with Gasteiger partial charge in [-0.25, -0.2) is 0 Å². The topological polar surface area (TPSA) is 50.5 Å². The number of hydrogen-bond donors (Lipinski definition) is 0. The lowest BCUT2D eigenvalue weighted by Crippen LogP contribution is -2.31. The van der Waals surface area contributed by atoms with Gasteiger partial charge in [0.1, 0.15) is 11.4 Å². The Labute approximate surface area is 142 Å². The molecule has 0 radical (unpaired) electrons. The van der Waals surface area contributed by atoms with Crippen LogP contribution in [0.15, 0.2) is 22.6 Å². The molecule has 0 N–H and O–H groups in total. The lowest BCUT2D eigenvalue weighted by atomic mass is 10.0. The van der Waals surface area contributed by atoms with Crippen molar-refractivity contribution in [1.82, 2.24) is 4.90 Å². The summed E-state index contributed by atoms with van der Waals surface area (Å²) in [5.74, 6) is 0.669. The minimum atomic E-state index is 0.0101. The van der Waals surface area contributed by atoms with Crippen LogP contribution in [-0.4, -0.2) is 29.7 Å². The maximum atomic E-state index is 12.8. The number of carbonyl (C=O) groups is 2. The summed E-state index contributed by atoms with van der Waals surface area (Å²) < 4.78 is 5.88. The third-order valence-corrected chi connectivity index (χ3v) is 4.85. The number of hydrogen-bond acceptors (Lipinski definition) is 3. The molecular weight excluding hydrogens is 302 g/mol. The Morgan fingerprint density at radius 2 is 1.83 bits per heavy atom. The highest BCUT2D eigenvalue weighted by atomic mass is 16.3. The fourth-order valence-electron chi connectivity index (χ4n) is 3.37. The average molecular weight is 327 g/mol. The normalized spacial score (nSPS) is 15.5. The van der Waals surface area contributed by atoms with Gasteiger partial charge in [0.2, 0.25) is 0 Å². The van der Waals surface area contributed by atoms with E-state index >= 15 is 0 Å². The Kier molecular flexibility index (Phi) is 5.03. The first-order valence-corrected chi connectivity index (χ1v) is 8.87. The number of amides is 1. The van der Waals surface area contributed by atoms with Gasteiger partial charge >= 0.3 is 0 Å². The number of ketones is 1. The van der Waals surface area contributed by atoms with E-state index in [1.54, 1.807) is 6.92 Å². The quantitative estimate of drug-likeness (QED) is 0.842. The Morgan fingerprint density at radius 1 is 1.12 bits per heavy atom. The van der Waals surface area contributed by atoms with Crippen LogP contribution in [0.1, 0.15) is 60.7 Å². The summed E-state index contributed by atoms with van der Waals surface area (Å²) in [6.07, 6.45) is 5.80. The highest BCUT2D eigenvalue weighted by molar-refractivity contribution is 5.99. The molecule has 2 aromatic rings. The van der Waals surface area contributed by atoms with Crippen molar-refractivity contribution in [2.45, 2.75) is 52.4 Å². The fraction of sp³-hybridized carbons (Fsp3) is 0.500. The van der Waals surface area contributed by atoms with E-state index in [-0.39, 0.29) is 11.7 Å². The van der Waals surface area contributed by atoms with Crippen molar-refractivity contribution in [3.8, 4) is 0 Å². The van der Waals surface area contributed by atoms with Gasteiger partial charge in [0, 0.05) is 30.5 Å². The number of aryl methyl sites for hydroxylation is 2. The number of rotatable bonds is 4. The van der Waals surface area contributed by atoms with Gasteiger partial charge in [0.05, 0.1) is 0 Å². The van der Waals surface area contributed by atoms with Crippen molar-refractivity contribution in [3.05, 3.63) is 35.1 Å². The van der Waals surface area contributed by atoms with Gasteiger partial charge in [-0.2, -0.15) is 0 Å². The largest absolute Gasteiger partial charge is 0.451 e. The molecule has 1 saturated heterocycles. The zero-order valence-corrected chi connectivity index (χ0v) is 14.6. The lowest BCUT2D eigenvalue weighted by molar-refractivity contribution is -0.116. The van der Waals surface area contributed by atoms with Crippen LogP contribution >= 0.6 is 0 Å². The molecule has 1 aliphatic rings. The van der Waals surface area contributed by atoms with Crippen LogP contribution in [0.4, 0.5) is 0 Å². The summed E-state index contributed by atoms with van der Waals surface area (Å²) in [5, 5.41) is 0.981. The van der Waals surface area contributed by atoms with Gasteiger partial charge in [-0.05, 0) is 50.8 Å². The Balaban J connectivity index is 1.87. The second-order valence-corrected chi connectivity index (χ2v) is 6.80. The van der Waals surface area contributed by atoms with Crippen LogP contribution in [-0.2, 0) is 11.2 Å². The maximum Gasteiger partial charge on any atom is 0.289 e. The molecule has 1 amide bonds. The number of carbonyl (C=O) groups excluding carboxylic acids is 2. The van der Waals surface area contributed by atoms with Crippen molar-refractivity contribution < 1.29 is 14.0 Å². The molecule has 0 atom stereocenters. The van der Waals surface area contributed by atoms with E-state index in [4.69, 9.17) is 4.42 Å². The van der Waals surface area contributed by atoms with Crippen LogP contribution in [0.2, 0.25) is 0 Å². The van der Waals surface area contributed by atoms with E-state index in [9.17, 15) is 9.59 Å². The third-order valence-electron chi connectivity index (χ3n) is 4.85. The zero-order valence-electron chi connectivity index (χ0n) is 14.6. The first-order chi connectivity index (χ1) is 11.6. The molecule has 1 aromatic heterocycles. The summed E-state index contributed by atoms with van der Waals surface area (Å²) in [6, 6.07) is 5.95. The summed E-state index contributed by atoms with van der Waals surface area (Å²) in [4.78, 5) is 25.9. The first kappa shape index (κ1) is 16.7. The number of likely N-dealkylation sites (tertiary alicyclic amines) is 1. The van der Waals surface area contributed by atoms with Gasteiger partial charge in [-0.15, -0.1) is 0 Å². The van der Waals surface area contributed by atoms with E-state index in [0.717, 1.165) is 54.4 Å². The SMILES string of the molecule is CC(=O)CCc1ccc2oc(C(=O)N3CCCCCC3)c(C)c2c1. The molecule has 4 nitrogen and oxygen atoms in total. The van der Waals surface area contributed by atoms with E-state index < -0.39 is 0 Å². The van der Waals surface area contributed by atoms with Gasteiger partial charge < -0.3 is 14.1 Å². The fourth-order valence-corrected chi connectivity index (χ4v) is 3.37. The van der Waals surface area contributed by atoms with Gasteiger partial charge in [0.25, 0.3) is 5.91 Å². The van der Waals surface area contributed by atoms with Gasteiger partial charge in [-0.1, -0.05) is 18.9 Å². The van der Waals surface area contributed by atoms with Crippen LogP contribution < -0.4 is 0 Å².